The molecule has 7 atom stereocenters. The summed E-state index contributed by atoms with van der Waals surface area (Å²) < 4.78 is 11.3. The van der Waals surface area contributed by atoms with Gasteiger partial charge in [-0.2, -0.15) is 0 Å². The zero-order chi connectivity index (χ0) is 53.6. The molecule has 6 N–H and O–H groups in total. The Balaban J connectivity index is 2.05. The van der Waals surface area contributed by atoms with E-state index in [-0.39, 0.29) is 12.5 Å². The predicted octanol–water partition coefficient (Wildman–Crippen LogP) is 17.1. The molecule has 1 rings (SSSR count). The summed E-state index contributed by atoms with van der Waals surface area (Å²) in [5, 5.41) is 54.5. The minimum absolute atomic E-state index is 0.169. The van der Waals surface area contributed by atoms with Gasteiger partial charge in [-0.1, -0.05) is 328 Å². The van der Waals surface area contributed by atoms with Crippen LogP contribution in [0, 0.1) is 0 Å². The Labute approximate surface area is 458 Å². The molecule has 1 aliphatic rings. The molecule has 0 spiro atoms. The zero-order valence-electron chi connectivity index (χ0n) is 49.1. The van der Waals surface area contributed by atoms with E-state index in [1.807, 2.05) is 6.08 Å². The Morgan fingerprint density at radius 1 is 0.446 bits per heavy atom. The molecule has 9 nitrogen and oxygen atoms in total. The molecule has 0 aromatic heterocycles. The second kappa shape index (κ2) is 55.3. The molecular weight excluding hydrogens is 923 g/mol. The molecule has 1 fully saturated rings. The minimum atomic E-state index is -1.56. The first-order chi connectivity index (χ1) is 36.3. The van der Waals surface area contributed by atoms with Gasteiger partial charge in [-0.05, 0) is 19.3 Å². The van der Waals surface area contributed by atoms with E-state index in [2.05, 4.69) is 19.2 Å². The summed E-state index contributed by atoms with van der Waals surface area (Å²) in [6, 6.07) is -0.800. The lowest BCUT2D eigenvalue weighted by atomic mass is 9.99. The van der Waals surface area contributed by atoms with Gasteiger partial charge in [0.25, 0.3) is 0 Å². The Hall–Kier alpha value is -1.07. The van der Waals surface area contributed by atoms with Crippen molar-refractivity contribution < 1.29 is 39.8 Å². The van der Waals surface area contributed by atoms with Crippen LogP contribution >= 0.6 is 0 Å². The van der Waals surface area contributed by atoms with E-state index in [1.165, 1.54) is 283 Å². The molecule has 0 aromatic rings. The fourth-order valence-corrected chi connectivity index (χ4v) is 10.9. The van der Waals surface area contributed by atoms with E-state index in [1.54, 1.807) is 6.08 Å². The second-order valence-corrected chi connectivity index (χ2v) is 23.3. The summed E-state index contributed by atoms with van der Waals surface area (Å²) in [4.78, 5) is 13.1. The van der Waals surface area contributed by atoms with Crippen molar-refractivity contribution in [3.63, 3.8) is 0 Å². The van der Waals surface area contributed by atoms with Crippen molar-refractivity contribution in [2.45, 2.75) is 384 Å². The van der Waals surface area contributed by atoms with Crippen molar-refractivity contribution in [1.82, 2.24) is 5.32 Å². The van der Waals surface area contributed by atoms with Crippen LogP contribution in [0.4, 0.5) is 0 Å². The number of carbonyl (C=O) groups excluding carboxylic acids is 1. The van der Waals surface area contributed by atoms with Gasteiger partial charge in [0.2, 0.25) is 5.91 Å². The molecule has 440 valence electrons. The summed E-state index contributed by atoms with van der Waals surface area (Å²) in [6.07, 6.45) is 63.3. The number of allylic oxidation sites excluding steroid dienone is 1. The number of nitrogens with one attached hydrogen (secondary N) is 1. The van der Waals surface area contributed by atoms with Crippen molar-refractivity contribution in [2.24, 2.45) is 0 Å². The Morgan fingerprint density at radius 2 is 0.743 bits per heavy atom. The number of unbranched alkanes of at least 4 members (excludes halogenated alkanes) is 48. The van der Waals surface area contributed by atoms with Crippen LogP contribution in [0.1, 0.15) is 341 Å². The van der Waals surface area contributed by atoms with E-state index < -0.39 is 49.5 Å². The highest BCUT2D eigenvalue weighted by molar-refractivity contribution is 5.76. The van der Waals surface area contributed by atoms with E-state index in [0.29, 0.717) is 6.42 Å². The van der Waals surface area contributed by atoms with Crippen LogP contribution in [0.5, 0.6) is 0 Å². The number of hydrogen-bond donors (Lipinski definition) is 6. The number of amides is 1. The van der Waals surface area contributed by atoms with Gasteiger partial charge in [0.1, 0.15) is 24.4 Å². The lowest BCUT2D eigenvalue weighted by molar-refractivity contribution is -0.302. The summed E-state index contributed by atoms with van der Waals surface area (Å²) >= 11 is 0. The van der Waals surface area contributed by atoms with Crippen LogP contribution < -0.4 is 5.32 Å². The van der Waals surface area contributed by atoms with Gasteiger partial charge in [0, 0.05) is 6.42 Å². The van der Waals surface area contributed by atoms with E-state index in [0.717, 1.165) is 38.5 Å². The average molecular weight is 1050 g/mol. The first kappa shape index (κ1) is 70.9. The monoisotopic (exact) mass is 1050 g/mol. The van der Waals surface area contributed by atoms with Gasteiger partial charge in [-0.3, -0.25) is 4.79 Å². The van der Waals surface area contributed by atoms with Gasteiger partial charge in [0.05, 0.1) is 25.4 Å². The quantitative estimate of drug-likeness (QED) is 0.0261. The number of rotatable bonds is 58. The fraction of sp³-hybridized carbons (Fsp3) is 0.954. The van der Waals surface area contributed by atoms with E-state index in [4.69, 9.17) is 9.47 Å². The fourth-order valence-electron chi connectivity index (χ4n) is 10.9. The van der Waals surface area contributed by atoms with Gasteiger partial charge in [-0.15, -0.1) is 0 Å². The van der Waals surface area contributed by atoms with E-state index in [9.17, 15) is 30.3 Å². The van der Waals surface area contributed by atoms with Crippen LogP contribution in [-0.2, 0) is 14.3 Å². The molecule has 74 heavy (non-hydrogen) atoms. The lowest BCUT2D eigenvalue weighted by Crippen LogP contribution is -2.60. The van der Waals surface area contributed by atoms with Gasteiger partial charge >= 0.3 is 0 Å². The van der Waals surface area contributed by atoms with Crippen LogP contribution in [0.2, 0.25) is 0 Å². The smallest absolute Gasteiger partial charge is 0.220 e. The maximum absolute atomic E-state index is 13.1. The summed E-state index contributed by atoms with van der Waals surface area (Å²) in [5.74, 6) is -0.169. The Kier molecular flexibility index (Phi) is 53.0. The molecule has 1 aliphatic heterocycles. The first-order valence-corrected chi connectivity index (χ1v) is 32.9. The number of hydrogen-bond acceptors (Lipinski definition) is 8. The highest BCUT2D eigenvalue weighted by atomic mass is 16.7. The second-order valence-electron chi connectivity index (χ2n) is 23.3. The minimum Gasteiger partial charge on any atom is -0.394 e. The number of carbonyl (C=O) groups is 1. The van der Waals surface area contributed by atoms with Crippen molar-refractivity contribution >= 4 is 5.91 Å². The molecule has 0 aliphatic carbocycles. The number of aliphatic hydroxyl groups is 5. The first-order valence-electron chi connectivity index (χ1n) is 32.9. The molecule has 0 radical (unpaired) electrons. The lowest BCUT2D eigenvalue weighted by Gasteiger charge is -2.40. The molecule has 9 heteroatoms. The molecule has 1 saturated heterocycles. The molecular formula is C65H127NO8. The Bertz CT molecular complexity index is 1170. The van der Waals surface area contributed by atoms with Crippen molar-refractivity contribution in [3.8, 4) is 0 Å². The van der Waals surface area contributed by atoms with Crippen LogP contribution in [0.3, 0.4) is 0 Å². The highest BCUT2D eigenvalue weighted by Gasteiger charge is 2.44. The topological polar surface area (TPSA) is 149 Å². The SMILES string of the molecule is CCCCCCCCCCCCCCC/C=C/[C@@H](O)[C@H](CO[C@@H]1O[C@H](CO)[C@@H](O)C(O)C1O)NC(=O)CCCCCCCCCCCCCCCCCCCCCCCCCCCCCCCCCCCCCC. The summed E-state index contributed by atoms with van der Waals surface area (Å²) in [5.41, 5.74) is 0. The summed E-state index contributed by atoms with van der Waals surface area (Å²) in [6.45, 7) is 3.82. The third-order valence-electron chi connectivity index (χ3n) is 16.1. The third kappa shape index (κ3) is 43.9. The predicted molar refractivity (Wildman–Crippen MR) is 314 cm³/mol. The van der Waals surface area contributed by atoms with Gasteiger partial charge in [0.15, 0.2) is 6.29 Å². The highest BCUT2D eigenvalue weighted by Crippen LogP contribution is 2.23. The normalized spacial score (nSPS) is 18.9. The molecule has 2 unspecified atom stereocenters. The average Bonchev–Trinajstić information content (AvgIpc) is 3.40. The Morgan fingerprint density at radius 3 is 1.05 bits per heavy atom. The van der Waals surface area contributed by atoms with Crippen LogP contribution in [0.25, 0.3) is 0 Å². The zero-order valence-corrected chi connectivity index (χ0v) is 49.1. The maximum Gasteiger partial charge on any atom is 0.220 e. The molecule has 1 heterocycles. The standard InChI is InChI=1S/C65H127NO8/c1-3-5-7-9-11-13-15-17-19-20-21-22-23-24-25-26-27-28-29-30-31-32-33-34-35-36-37-38-39-41-43-45-47-49-51-53-55-61(69)66-58(57-73-65-64(72)63(71)62(70)60(56-67)74-65)59(68)54-52-50-48-46-44-42-40-18-16-14-12-10-8-6-4-2/h52,54,58-60,62-65,67-68,70-72H,3-51,53,55-57H2,1-2H3,(H,66,69)/b54-52+/t58-,59+,60+,62+,63?,64?,65+/m0/s1. The van der Waals surface area contributed by atoms with Crippen LogP contribution in [-0.4, -0.2) is 87.5 Å². The maximum atomic E-state index is 13.1. The van der Waals surface area contributed by atoms with Crippen LogP contribution in [0.15, 0.2) is 12.2 Å². The number of aliphatic hydroxyl groups excluding tert-OH is 5. The van der Waals surface area contributed by atoms with Crippen molar-refractivity contribution in [2.75, 3.05) is 13.2 Å². The van der Waals surface area contributed by atoms with Crippen molar-refractivity contribution in [3.05, 3.63) is 12.2 Å². The largest absolute Gasteiger partial charge is 0.394 e. The summed E-state index contributed by atoms with van der Waals surface area (Å²) in [7, 11) is 0. The molecule has 0 aromatic carbocycles. The van der Waals surface area contributed by atoms with Gasteiger partial charge in [-0.25, -0.2) is 0 Å². The van der Waals surface area contributed by atoms with Crippen molar-refractivity contribution in [1.29, 1.82) is 0 Å². The third-order valence-corrected chi connectivity index (χ3v) is 16.1. The number of ether oxygens (including phenoxy) is 2. The molecule has 0 saturated carbocycles. The van der Waals surface area contributed by atoms with E-state index >= 15 is 0 Å². The molecule has 1 amide bonds. The van der Waals surface area contributed by atoms with Gasteiger partial charge < -0.3 is 40.3 Å². The molecule has 0 bridgehead atoms.